The summed E-state index contributed by atoms with van der Waals surface area (Å²) in [6.45, 7) is 5.93. The number of aryl methyl sites for hydroxylation is 3. The molecule has 27 heavy (non-hydrogen) atoms. The average molecular weight is 401 g/mol. The number of nitrogens with one attached hydrogen (secondary N) is 2. The van der Waals surface area contributed by atoms with E-state index in [-0.39, 0.29) is 10.1 Å². The molecule has 1 heterocycles. The molecule has 0 aliphatic carbocycles. The van der Waals surface area contributed by atoms with Gasteiger partial charge in [-0.05, 0) is 67.6 Å². The summed E-state index contributed by atoms with van der Waals surface area (Å²) in [4.78, 5) is 12.5. The molecule has 1 amide bonds. The summed E-state index contributed by atoms with van der Waals surface area (Å²) in [5.74, 6) is -0.238. The minimum atomic E-state index is -3.60. The third kappa shape index (κ3) is 4.37. The summed E-state index contributed by atoms with van der Waals surface area (Å²) in [5.41, 5.74) is 4.80. The molecule has 0 atom stereocenters. The highest BCUT2D eigenvalue weighted by Crippen LogP contribution is 2.24. The summed E-state index contributed by atoms with van der Waals surface area (Å²) in [5, 5.41) is 4.64. The van der Waals surface area contributed by atoms with Gasteiger partial charge in [0, 0.05) is 16.9 Å². The SMILES string of the molecule is Cc1cc(C)c(NC(=O)c2ccc(NS(=O)(=O)c3cccs3)cc2)c(C)c1. The van der Waals surface area contributed by atoms with Gasteiger partial charge in [-0.2, -0.15) is 0 Å². The van der Waals surface area contributed by atoms with Crippen LogP contribution >= 0.6 is 11.3 Å². The number of sulfonamides is 1. The van der Waals surface area contributed by atoms with Gasteiger partial charge in [-0.1, -0.05) is 23.8 Å². The van der Waals surface area contributed by atoms with Crippen molar-refractivity contribution in [3.63, 3.8) is 0 Å². The van der Waals surface area contributed by atoms with E-state index in [9.17, 15) is 13.2 Å². The molecule has 0 aliphatic heterocycles. The quantitative estimate of drug-likeness (QED) is 0.650. The molecule has 0 saturated carbocycles. The van der Waals surface area contributed by atoms with E-state index in [1.165, 1.54) is 0 Å². The number of anilines is 2. The van der Waals surface area contributed by atoms with Crippen LogP contribution in [0.1, 0.15) is 27.0 Å². The molecule has 0 fully saturated rings. The van der Waals surface area contributed by atoms with Crippen LogP contribution in [-0.4, -0.2) is 14.3 Å². The molecular formula is C20H20N2O3S2. The van der Waals surface area contributed by atoms with E-state index in [1.807, 2.05) is 32.9 Å². The molecule has 0 unspecified atom stereocenters. The van der Waals surface area contributed by atoms with E-state index >= 15 is 0 Å². The zero-order chi connectivity index (χ0) is 19.6. The van der Waals surface area contributed by atoms with Crippen LogP contribution in [0.15, 0.2) is 58.1 Å². The Kier molecular flexibility index (Phi) is 5.34. The van der Waals surface area contributed by atoms with Crippen LogP contribution in [0.25, 0.3) is 0 Å². The molecule has 0 saturated heterocycles. The molecule has 5 nitrogen and oxygen atoms in total. The van der Waals surface area contributed by atoms with E-state index < -0.39 is 10.0 Å². The van der Waals surface area contributed by atoms with Crippen LogP contribution in [0.3, 0.4) is 0 Å². The first-order valence-corrected chi connectivity index (χ1v) is 10.7. The molecule has 3 rings (SSSR count). The zero-order valence-corrected chi connectivity index (χ0v) is 16.9. The Morgan fingerprint density at radius 3 is 2.15 bits per heavy atom. The highest BCUT2D eigenvalue weighted by molar-refractivity contribution is 7.94. The zero-order valence-electron chi connectivity index (χ0n) is 15.2. The average Bonchev–Trinajstić information content (AvgIpc) is 3.14. The van der Waals surface area contributed by atoms with E-state index in [1.54, 1.807) is 41.8 Å². The van der Waals surface area contributed by atoms with Gasteiger partial charge >= 0.3 is 0 Å². The second-order valence-electron chi connectivity index (χ2n) is 6.34. The van der Waals surface area contributed by atoms with Crippen LogP contribution in [0.5, 0.6) is 0 Å². The standard InChI is InChI=1S/C20H20N2O3S2/c1-13-11-14(2)19(15(3)12-13)21-20(23)16-6-8-17(9-7-16)22-27(24,25)18-5-4-10-26-18/h4-12,22H,1-3H3,(H,21,23). The van der Waals surface area contributed by atoms with Gasteiger partial charge in [-0.25, -0.2) is 8.42 Å². The van der Waals surface area contributed by atoms with Crippen LogP contribution in [0.4, 0.5) is 11.4 Å². The van der Waals surface area contributed by atoms with Crippen LogP contribution in [0.2, 0.25) is 0 Å². The number of benzene rings is 2. The Hall–Kier alpha value is -2.64. The van der Waals surface area contributed by atoms with E-state index in [0.29, 0.717) is 11.3 Å². The first-order chi connectivity index (χ1) is 12.8. The van der Waals surface area contributed by atoms with E-state index in [4.69, 9.17) is 0 Å². The summed E-state index contributed by atoms with van der Waals surface area (Å²) in [6.07, 6.45) is 0. The molecule has 1 aromatic heterocycles. The monoisotopic (exact) mass is 400 g/mol. The van der Waals surface area contributed by atoms with Crippen molar-refractivity contribution in [3.8, 4) is 0 Å². The molecular weight excluding hydrogens is 380 g/mol. The van der Waals surface area contributed by atoms with Crippen LogP contribution in [-0.2, 0) is 10.0 Å². The van der Waals surface area contributed by atoms with Crippen molar-refractivity contribution in [2.45, 2.75) is 25.0 Å². The molecule has 140 valence electrons. The molecule has 3 aromatic rings. The van der Waals surface area contributed by atoms with Gasteiger partial charge < -0.3 is 5.32 Å². The summed E-state index contributed by atoms with van der Waals surface area (Å²) in [7, 11) is -3.60. The number of carbonyl (C=O) groups is 1. The fourth-order valence-electron chi connectivity index (χ4n) is 2.87. The van der Waals surface area contributed by atoms with Crippen molar-refractivity contribution in [1.82, 2.24) is 0 Å². The third-order valence-electron chi connectivity index (χ3n) is 4.07. The Morgan fingerprint density at radius 1 is 0.963 bits per heavy atom. The number of thiophene rings is 1. The predicted octanol–water partition coefficient (Wildman–Crippen LogP) is 4.73. The van der Waals surface area contributed by atoms with Crippen LogP contribution in [0, 0.1) is 20.8 Å². The lowest BCUT2D eigenvalue weighted by molar-refractivity contribution is 0.102. The van der Waals surface area contributed by atoms with Gasteiger partial charge in [0.2, 0.25) is 0 Å². The second-order valence-corrected chi connectivity index (χ2v) is 9.20. The highest BCUT2D eigenvalue weighted by atomic mass is 32.2. The number of hydrogen-bond acceptors (Lipinski definition) is 4. The third-order valence-corrected chi connectivity index (χ3v) is 6.85. The van der Waals surface area contributed by atoms with Crippen molar-refractivity contribution < 1.29 is 13.2 Å². The maximum Gasteiger partial charge on any atom is 0.271 e. The topological polar surface area (TPSA) is 75.3 Å². The summed E-state index contributed by atoms with van der Waals surface area (Å²) in [6, 6.07) is 13.6. The maximum absolute atomic E-state index is 12.5. The van der Waals surface area contributed by atoms with Gasteiger partial charge in [0.05, 0.1) is 0 Å². The molecule has 2 aromatic carbocycles. The van der Waals surface area contributed by atoms with Gasteiger partial charge in [-0.3, -0.25) is 9.52 Å². The second kappa shape index (κ2) is 7.54. The van der Waals surface area contributed by atoms with Crippen molar-refractivity contribution in [3.05, 3.63) is 76.2 Å². The van der Waals surface area contributed by atoms with Crippen molar-refractivity contribution in [1.29, 1.82) is 0 Å². The number of hydrogen-bond donors (Lipinski definition) is 2. The lowest BCUT2D eigenvalue weighted by atomic mass is 10.0. The molecule has 0 bridgehead atoms. The summed E-state index contributed by atoms with van der Waals surface area (Å²) < 4.78 is 27.2. The van der Waals surface area contributed by atoms with Crippen molar-refractivity contribution in [2.75, 3.05) is 10.0 Å². The predicted molar refractivity (Wildman–Crippen MR) is 110 cm³/mol. The van der Waals surface area contributed by atoms with Crippen LogP contribution < -0.4 is 10.0 Å². The van der Waals surface area contributed by atoms with Gasteiger partial charge in [0.25, 0.3) is 15.9 Å². The Bertz CT molecular complexity index is 1050. The fourth-order valence-corrected chi connectivity index (χ4v) is 4.93. The summed E-state index contributed by atoms with van der Waals surface area (Å²) >= 11 is 1.15. The van der Waals surface area contributed by atoms with Gasteiger partial charge in [0.15, 0.2) is 0 Å². The smallest absolute Gasteiger partial charge is 0.271 e. The minimum Gasteiger partial charge on any atom is -0.322 e. The number of carbonyl (C=O) groups excluding carboxylic acids is 1. The van der Waals surface area contributed by atoms with E-state index in [0.717, 1.165) is 33.7 Å². The Morgan fingerprint density at radius 2 is 1.59 bits per heavy atom. The number of amides is 1. The fraction of sp³-hybridized carbons (Fsp3) is 0.150. The maximum atomic E-state index is 12.5. The lowest BCUT2D eigenvalue weighted by Gasteiger charge is -2.13. The molecule has 2 N–H and O–H groups in total. The van der Waals surface area contributed by atoms with Gasteiger partial charge in [0.1, 0.15) is 4.21 Å². The minimum absolute atomic E-state index is 0.238. The molecule has 0 spiro atoms. The lowest BCUT2D eigenvalue weighted by Crippen LogP contribution is -2.15. The Labute approximate surface area is 163 Å². The molecule has 7 heteroatoms. The molecule has 0 radical (unpaired) electrons. The van der Waals surface area contributed by atoms with Crippen molar-refractivity contribution in [2.24, 2.45) is 0 Å². The van der Waals surface area contributed by atoms with E-state index in [2.05, 4.69) is 10.0 Å². The highest BCUT2D eigenvalue weighted by Gasteiger charge is 2.16. The number of rotatable bonds is 5. The molecule has 0 aliphatic rings. The van der Waals surface area contributed by atoms with Gasteiger partial charge in [-0.15, -0.1) is 11.3 Å². The normalized spacial score (nSPS) is 11.2. The largest absolute Gasteiger partial charge is 0.322 e. The van der Waals surface area contributed by atoms with Crippen molar-refractivity contribution >= 4 is 38.6 Å². The first-order valence-electron chi connectivity index (χ1n) is 8.32. The Balaban J connectivity index is 1.75. The first kappa shape index (κ1) is 19.1.